The molecule has 2 amide bonds. The smallest absolute Gasteiger partial charge is 0.252 e. The quantitative estimate of drug-likeness (QED) is 0.892. The molecule has 7 nitrogen and oxygen atoms in total. The number of hydrogen-bond donors (Lipinski definition) is 2. The highest BCUT2D eigenvalue weighted by atomic mass is 16.2. The van der Waals surface area contributed by atoms with Gasteiger partial charge in [0.15, 0.2) is 0 Å². The van der Waals surface area contributed by atoms with E-state index in [4.69, 9.17) is 0 Å². The van der Waals surface area contributed by atoms with Gasteiger partial charge in [0.05, 0.1) is 6.42 Å². The summed E-state index contributed by atoms with van der Waals surface area (Å²) in [6.45, 7) is 3.88. The van der Waals surface area contributed by atoms with Crippen LogP contribution in [-0.4, -0.2) is 26.6 Å². The standard InChI is InChI=1S/C14H15N5O2/c1-8-3-4-9(2)10(5-8)17-12(20)6-11-13(21)18-14-15-7-16-19(11)14/h3-5,7,11H,6H2,1-2H3,(H,17,20)(H,15,16,18,21)/t11-/m1/s1. The van der Waals surface area contributed by atoms with Gasteiger partial charge in [0.2, 0.25) is 11.9 Å². The second kappa shape index (κ2) is 5.01. The van der Waals surface area contributed by atoms with Crippen LogP contribution in [0.1, 0.15) is 23.6 Å². The molecule has 0 fully saturated rings. The highest BCUT2D eigenvalue weighted by Crippen LogP contribution is 2.24. The van der Waals surface area contributed by atoms with Gasteiger partial charge in [0, 0.05) is 5.69 Å². The van der Waals surface area contributed by atoms with E-state index in [1.807, 2.05) is 32.0 Å². The van der Waals surface area contributed by atoms with E-state index in [0.29, 0.717) is 5.95 Å². The summed E-state index contributed by atoms with van der Waals surface area (Å²) >= 11 is 0. The second-order valence-corrected chi connectivity index (χ2v) is 5.10. The molecule has 0 bridgehead atoms. The van der Waals surface area contributed by atoms with Crippen molar-refractivity contribution in [3.8, 4) is 0 Å². The predicted octanol–water partition coefficient (Wildman–Crippen LogP) is 1.42. The first-order valence-electron chi connectivity index (χ1n) is 6.62. The summed E-state index contributed by atoms with van der Waals surface area (Å²) < 4.78 is 1.44. The Hall–Kier alpha value is -2.70. The molecule has 2 N–H and O–H groups in total. The molecule has 21 heavy (non-hydrogen) atoms. The third kappa shape index (κ3) is 2.49. The first-order chi connectivity index (χ1) is 10.0. The van der Waals surface area contributed by atoms with Crippen molar-refractivity contribution >= 4 is 23.5 Å². The molecular formula is C14H15N5O2. The number of benzene rings is 1. The number of amides is 2. The molecule has 7 heteroatoms. The maximum atomic E-state index is 12.2. The van der Waals surface area contributed by atoms with Gasteiger partial charge in [0.1, 0.15) is 12.4 Å². The van der Waals surface area contributed by atoms with E-state index >= 15 is 0 Å². The fourth-order valence-corrected chi connectivity index (χ4v) is 2.30. The number of nitrogens with one attached hydrogen (secondary N) is 2. The molecule has 1 aromatic heterocycles. The molecule has 0 saturated heterocycles. The average molecular weight is 285 g/mol. The zero-order valence-electron chi connectivity index (χ0n) is 11.8. The Bertz CT molecular complexity index is 722. The normalized spacial score (nSPS) is 16.5. The van der Waals surface area contributed by atoms with Crippen molar-refractivity contribution in [1.29, 1.82) is 0 Å². The van der Waals surface area contributed by atoms with Crippen LogP contribution in [-0.2, 0) is 9.59 Å². The number of rotatable bonds is 3. The number of nitrogens with zero attached hydrogens (tertiary/aromatic N) is 3. The molecule has 1 aromatic carbocycles. The average Bonchev–Trinajstić information content (AvgIpc) is 2.97. The molecule has 1 atom stereocenters. The lowest BCUT2D eigenvalue weighted by molar-refractivity contribution is -0.123. The Morgan fingerprint density at radius 2 is 2.24 bits per heavy atom. The van der Waals surface area contributed by atoms with E-state index in [0.717, 1.165) is 16.8 Å². The summed E-state index contributed by atoms with van der Waals surface area (Å²) in [5.41, 5.74) is 2.80. The number of carbonyl (C=O) groups is 2. The lowest BCUT2D eigenvalue weighted by Gasteiger charge is -2.12. The maximum Gasteiger partial charge on any atom is 0.252 e. The number of anilines is 2. The SMILES string of the molecule is Cc1ccc(C)c(NC(=O)C[C@@H]2C(=O)Nc3ncnn32)c1. The Kier molecular flexibility index (Phi) is 3.17. The van der Waals surface area contributed by atoms with Gasteiger partial charge < -0.3 is 5.32 Å². The van der Waals surface area contributed by atoms with Crippen LogP contribution in [0.15, 0.2) is 24.5 Å². The van der Waals surface area contributed by atoms with Crippen LogP contribution in [0, 0.1) is 13.8 Å². The van der Waals surface area contributed by atoms with Gasteiger partial charge in [-0.2, -0.15) is 10.1 Å². The van der Waals surface area contributed by atoms with Gasteiger partial charge in [-0.25, -0.2) is 4.68 Å². The van der Waals surface area contributed by atoms with Crippen molar-refractivity contribution in [3.05, 3.63) is 35.7 Å². The summed E-state index contributed by atoms with van der Waals surface area (Å²) in [4.78, 5) is 27.9. The third-order valence-electron chi connectivity index (χ3n) is 3.45. The van der Waals surface area contributed by atoms with Crippen molar-refractivity contribution in [2.75, 3.05) is 10.6 Å². The molecule has 0 unspecified atom stereocenters. The van der Waals surface area contributed by atoms with E-state index in [1.165, 1.54) is 11.0 Å². The maximum absolute atomic E-state index is 12.2. The van der Waals surface area contributed by atoms with Crippen molar-refractivity contribution in [2.45, 2.75) is 26.3 Å². The van der Waals surface area contributed by atoms with Crippen LogP contribution in [0.25, 0.3) is 0 Å². The van der Waals surface area contributed by atoms with Crippen molar-refractivity contribution in [1.82, 2.24) is 14.8 Å². The van der Waals surface area contributed by atoms with Crippen LogP contribution in [0.3, 0.4) is 0 Å². The molecule has 0 radical (unpaired) electrons. The van der Waals surface area contributed by atoms with Crippen LogP contribution in [0.4, 0.5) is 11.6 Å². The van der Waals surface area contributed by atoms with Gasteiger partial charge in [-0.05, 0) is 31.0 Å². The third-order valence-corrected chi connectivity index (χ3v) is 3.45. The summed E-state index contributed by atoms with van der Waals surface area (Å²) in [6.07, 6.45) is 1.37. The number of hydrogen-bond acceptors (Lipinski definition) is 4. The molecule has 0 saturated carbocycles. The number of fused-ring (bicyclic) bond motifs is 1. The van der Waals surface area contributed by atoms with E-state index in [9.17, 15) is 9.59 Å². The molecule has 0 spiro atoms. The summed E-state index contributed by atoms with van der Waals surface area (Å²) in [5, 5.41) is 9.39. The first kappa shape index (κ1) is 13.3. The largest absolute Gasteiger partial charge is 0.326 e. The van der Waals surface area contributed by atoms with E-state index in [-0.39, 0.29) is 18.2 Å². The molecule has 108 valence electrons. The van der Waals surface area contributed by atoms with Crippen LogP contribution in [0.2, 0.25) is 0 Å². The van der Waals surface area contributed by atoms with Gasteiger partial charge in [-0.3, -0.25) is 14.9 Å². The molecule has 2 aromatic rings. The van der Waals surface area contributed by atoms with Crippen LogP contribution in [0.5, 0.6) is 0 Å². The van der Waals surface area contributed by atoms with Gasteiger partial charge in [-0.1, -0.05) is 12.1 Å². The predicted molar refractivity (Wildman–Crippen MR) is 76.9 cm³/mol. The van der Waals surface area contributed by atoms with Crippen LogP contribution < -0.4 is 10.6 Å². The van der Waals surface area contributed by atoms with E-state index in [1.54, 1.807) is 0 Å². The van der Waals surface area contributed by atoms with Crippen molar-refractivity contribution < 1.29 is 9.59 Å². The molecular weight excluding hydrogens is 270 g/mol. The minimum Gasteiger partial charge on any atom is -0.326 e. The highest BCUT2D eigenvalue weighted by Gasteiger charge is 2.33. The van der Waals surface area contributed by atoms with E-state index in [2.05, 4.69) is 20.7 Å². The first-order valence-corrected chi connectivity index (χ1v) is 6.62. The summed E-state index contributed by atoms with van der Waals surface area (Å²) in [6, 6.07) is 5.19. The zero-order chi connectivity index (χ0) is 15.0. The Morgan fingerprint density at radius 1 is 1.43 bits per heavy atom. The number of carbonyl (C=O) groups excluding carboxylic acids is 2. The lowest BCUT2D eigenvalue weighted by Crippen LogP contribution is -2.23. The summed E-state index contributed by atoms with van der Waals surface area (Å²) in [7, 11) is 0. The zero-order valence-corrected chi connectivity index (χ0v) is 11.8. The fourth-order valence-electron chi connectivity index (χ4n) is 2.30. The second-order valence-electron chi connectivity index (χ2n) is 5.10. The van der Waals surface area contributed by atoms with Gasteiger partial charge in [-0.15, -0.1) is 0 Å². The monoisotopic (exact) mass is 285 g/mol. The number of aryl methyl sites for hydroxylation is 2. The highest BCUT2D eigenvalue weighted by molar-refractivity contribution is 6.01. The van der Waals surface area contributed by atoms with Crippen molar-refractivity contribution in [2.24, 2.45) is 0 Å². The minimum atomic E-state index is -0.646. The molecule has 3 rings (SSSR count). The van der Waals surface area contributed by atoms with Gasteiger partial charge >= 0.3 is 0 Å². The fraction of sp³-hybridized carbons (Fsp3) is 0.286. The van der Waals surface area contributed by atoms with E-state index < -0.39 is 6.04 Å². The van der Waals surface area contributed by atoms with Gasteiger partial charge in [0.25, 0.3) is 5.91 Å². The Labute approximate surface area is 121 Å². The molecule has 0 aliphatic carbocycles. The molecule has 1 aliphatic rings. The minimum absolute atomic E-state index is 0.0234. The van der Waals surface area contributed by atoms with Crippen LogP contribution >= 0.6 is 0 Å². The Morgan fingerprint density at radius 3 is 3.05 bits per heavy atom. The number of aromatic nitrogens is 3. The lowest BCUT2D eigenvalue weighted by atomic mass is 10.1. The summed E-state index contributed by atoms with van der Waals surface area (Å²) in [5.74, 6) is -0.113. The Balaban J connectivity index is 1.73. The molecule has 2 heterocycles. The van der Waals surface area contributed by atoms with Crippen molar-refractivity contribution in [3.63, 3.8) is 0 Å². The topological polar surface area (TPSA) is 88.9 Å². The molecule has 1 aliphatic heterocycles.